The van der Waals surface area contributed by atoms with Crippen LogP contribution in [0.2, 0.25) is 0 Å². The van der Waals surface area contributed by atoms with Crippen LogP contribution in [0.3, 0.4) is 0 Å². The van der Waals surface area contributed by atoms with Crippen molar-refractivity contribution < 1.29 is 9.66 Å². The van der Waals surface area contributed by atoms with Crippen molar-refractivity contribution in [1.82, 2.24) is 9.78 Å². The standard InChI is InChI=1S/C13H14ClN3O3/c1-8-4-5-12(11(6-8)17(18)19)20-13-10(7-14)9(2)15-16(13)3/h4-6H,7H2,1-3H3. The number of rotatable bonds is 4. The number of benzene rings is 1. The molecule has 0 unspecified atom stereocenters. The molecular weight excluding hydrogens is 282 g/mol. The number of hydrogen-bond acceptors (Lipinski definition) is 4. The maximum absolute atomic E-state index is 11.1. The van der Waals surface area contributed by atoms with Crippen LogP contribution in [0.4, 0.5) is 5.69 Å². The fourth-order valence-electron chi connectivity index (χ4n) is 1.92. The van der Waals surface area contributed by atoms with Crippen molar-refractivity contribution in [3.63, 3.8) is 0 Å². The van der Waals surface area contributed by atoms with Crippen LogP contribution in [0.15, 0.2) is 18.2 Å². The van der Waals surface area contributed by atoms with Crippen molar-refractivity contribution in [2.45, 2.75) is 19.7 Å². The van der Waals surface area contributed by atoms with Crippen molar-refractivity contribution in [3.8, 4) is 11.6 Å². The predicted molar refractivity (Wildman–Crippen MR) is 75.4 cm³/mol. The Morgan fingerprint density at radius 2 is 2.15 bits per heavy atom. The third-order valence-corrected chi connectivity index (χ3v) is 3.21. The first-order valence-electron chi connectivity index (χ1n) is 5.95. The number of halogens is 1. The fourth-order valence-corrected chi connectivity index (χ4v) is 2.23. The van der Waals surface area contributed by atoms with Gasteiger partial charge in [-0.05, 0) is 25.5 Å². The van der Waals surface area contributed by atoms with Gasteiger partial charge in [-0.2, -0.15) is 5.10 Å². The van der Waals surface area contributed by atoms with E-state index in [1.807, 2.05) is 6.92 Å². The van der Waals surface area contributed by atoms with Gasteiger partial charge in [-0.25, -0.2) is 4.68 Å². The number of aromatic nitrogens is 2. The highest BCUT2D eigenvalue weighted by molar-refractivity contribution is 6.17. The van der Waals surface area contributed by atoms with Crippen LogP contribution in [0.25, 0.3) is 0 Å². The molecule has 0 bridgehead atoms. The van der Waals surface area contributed by atoms with Gasteiger partial charge in [-0.15, -0.1) is 11.6 Å². The molecule has 0 fully saturated rings. The van der Waals surface area contributed by atoms with E-state index >= 15 is 0 Å². The highest BCUT2D eigenvalue weighted by Gasteiger charge is 2.20. The zero-order chi connectivity index (χ0) is 14.9. The molecule has 20 heavy (non-hydrogen) atoms. The average Bonchev–Trinajstić information content (AvgIpc) is 2.65. The van der Waals surface area contributed by atoms with Crippen LogP contribution in [0.1, 0.15) is 16.8 Å². The lowest BCUT2D eigenvalue weighted by atomic mass is 10.2. The summed E-state index contributed by atoms with van der Waals surface area (Å²) >= 11 is 5.88. The second-order valence-corrected chi connectivity index (χ2v) is 4.72. The Hall–Kier alpha value is -2.08. The smallest absolute Gasteiger partial charge is 0.311 e. The molecule has 0 aliphatic carbocycles. The molecule has 1 heterocycles. The average molecular weight is 296 g/mol. The number of ether oxygens (including phenoxy) is 1. The Balaban J connectivity index is 2.48. The molecule has 106 valence electrons. The van der Waals surface area contributed by atoms with Gasteiger partial charge in [0.15, 0.2) is 0 Å². The van der Waals surface area contributed by atoms with Gasteiger partial charge in [0.1, 0.15) is 0 Å². The quantitative estimate of drug-likeness (QED) is 0.492. The molecule has 0 atom stereocenters. The molecule has 0 N–H and O–H groups in total. The van der Waals surface area contributed by atoms with E-state index in [4.69, 9.17) is 16.3 Å². The summed E-state index contributed by atoms with van der Waals surface area (Å²) in [5, 5.41) is 15.3. The second-order valence-electron chi connectivity index (χ2n) is 4.46. The fraction of sp³-hybridized carbons (Fsp3) is 0.308. The predicted octanol–water partition coefficient (Wildman–Crippen LogP) is 3.48. The Labute approximate surface area is 121 Å². The molecule has 0 radical (unpaired) electrons. The molecule has 7 heteroatoms. The zero-order valence-corrected chi connectivity index (χ0v) is 12.1. The van der Waals surface area contributed by atoms with E-state index in [1.54, 1.807) is 26.1 Å². The number of alkyl halides is 1. The summed E-state index contributed by atoms with van der Waals surface area (Å²) in [7, 11) is 1.71. The molecule has 0 aliphatic rings. The topological polar surface area (TPSA) is 70.2 Å². The highest BCUT2D eigenvalue weighted by Crippen LogP contribution is 2.34. The molecule has 1 aromatic heterocycles. The molecular formula is C13H14ClN3O3. The van der Waals surface area contributed by atoms with Gasteiger partial charge in [0.05, 0.1) is 22.1 Å². The minimum atomic E-state index is -0.466. The number of hydrogen-bond donors (Lipinski definition) is 0. The van der Waals surface area contributed by atoms with Crippen LogP contribution in [-0.4, -0.2) is 14.7 Å². The largest absolute Gasteiger partial charge is 0.432 e. The van der Waals surface area contributed by atoms with Crippen molar-refractivity contribution >= 4 is 17.3 Å². The second kappa shape index (κ2) is 5.50. The SMILES string of the molecule is Cc1ccc(Oc2c(CCl)c(C)nn2C)c([N+](=O)[O-])c1. The van der Waals surface area contributed by atoms with E-state index in [1.165, 1.54) is 10.7 Å². The third kappa shape index (κ3) is 2.60. The monoisotopic (exact) mass is 295 g/mol. The molecule has 0 aliphatic heterocycles. The lowest BCUT2D eigenvalue weighted by Crippen LogP contribution is -1.99. The lowest BCUT2D eigenvalue weighted by Gasteiger charge is -2.08. The Morgan fingerprint density at radius 1 is 1.45 bits per heavy atom. The normalized spacial score (nSPS) is 10.6. The Kier molecular flexibility index (Phi) is 3.94. The Morgan fingerprint density at radius 3 is 2.75 bits per heavy atom. The summed E-state index contributed by atoms with van der Waals surface area (Å²) < 4.78 is 7.20. The van der Waals surface area contributed by atoms with Crippen LogP contribution in [-0.2, 0) is 12.9 Å². The Bertz CT molecular complexity index is 667. The van der Waals surface area contributed by atoms with E-state index < -0.39 is 4.92 Å². The lowest BCUT2D eigenvalue weighted by molar-refractivity contribution is -0.385. The maximum atomic E-state index is 11.1. The number of nitrogens with zero attached hydrogens (tertiary/aromatic N) is 3. The van der Waals surface area contributed by atoms with Crippen molar-refractivity contribution in [2.75, 3.05) is 0 Å². The van der Waals surface area contributed by atoms with Crippen molar-refractivity contribution in [2.24, 2.45) is 7.05 Å². The van der Waals surface area contributed by atoms with Gasteiger partial charge in [-0.3, -0.25) is 10.1 Å². The summed E-state index contributed by atoms with van der Waals surface area (Å²) in [5.74, 6) is 0.828. The van der Waals surface area contributed by atoms with Crippen molar-refractivity contribution in [1.29, 1.82) is 0 Å². The summed E-state index contributed by atoms with van der Waals surface area (Å²) in [6, 6.07) is 4.80. The van der Waals surface area contributed by atoms with Gasteiger partial charge >= 0.3 is 5.69 Å². The van der Waals surface area contributed by atoms with Crippen LogP contribution in [0.5, 0.6) is 11.6 Å². The maximum Gasteiger partial charge on any atom is 0.311 e. The van der Waals surface area contributed by atoms with E-state index in [0.29, 0.717) is 5.88 Å². The third-order valence-electron chi connectivity index (χ3n) is 2.94. The van der Waals surface area contributed by atoms with E-state index in [-0.39, 0.29) is 17.3 Å². The molecule has 1 aromatic carbocycles. The van der Waals surface area contributed by atoms with Gasteiger partial charge in [0, 0.05) is 13.1 Å². The first-order valence-corrected chi connectivity index (χ1v) is 6.48. The number of nitro benzene ring substituents is 1. The first-order chi connectivity index (χ1) is 9.43. The molecule has 6 nitrogen and oxygen atoms in total. The minimum absolute atomic E-state index is 0.0793. The first kappa shape index (κ1) is 14.3. The van der Waals surface area contributed by atoms with Gasteiger partial charge in [0.25, 0.3) is 0 Å². The molecule has 0 amide bonds. The van der Waals surface area contributed by atoms with Crippen molar-refractivity contribution in [3.05, 3.63) is 45.1 Å². The summed E-state index contributed by atoms with van der Waals surface area (Å²) in [5.41, 5.74) is 2.18. The van der Waals surface area contributed by atoms with Gasteiger partial charge in [0.2, 0.25) is 11.6 Å². The van der Waals surface area contributed by atoms with E-state index in [0.717, 1.165) is 16.8 Å². The summed E-state index contributed by atoms with van der Waals surface area (Å²) in [6.07, 6.45) is 0. The molecule has 0 saturated carbocycles. The molecule has 0 spiro atoms. The van der Waals surface area contributed by atoms with Crippen LogP contribution >= 0.6 is 11.6 Å². The summed E-state index contributed by atoms with van der Waals surface area (Å²) in [6.45, 7) is 3.60. The number of nitro groups is 1. The van der Waals surface area contributed by atoms with Crippen LogP contribution < -0.4 is 4.74 Å². The molecule has 2 rings (SSSR count). The highest BCUT2D eigenvalue weighted by atomic mass is 35.5. The molecule has 2 aromatic rings. The molecule has 0 saturated heterocycles. The number of aryl methyl sites for hydroxylation is 3. The van der Waals surface area contributed by atoms with Gasteiger partial charge < -0.3 is 4.74 Å². The van der Waals surface area contributed by atoms with Crippen LogP contribution in [0, 0.1) is 24.0 Å². The van der Waals surface area contributed by atoms with E-state index in [2.05, 4.69) is 5.10 Å². The zero-order valence-electron chi connectivity index (χ0n) is 11.4. The van der Waals surface area contributed by atoms with Gasteiger partial charge in [-0.1, -0.05) is 6.07 Å². The minimum Gasteiger partial charge on any atom is -0.432 e. The summed E-state index contributed by atoms with van der Waals surface area (Å²) in [4.78, 5) is 10.6. The van der Waals surface area contributed by atoms with E-state index in [9.17, 15) is 10.1 Å².